The van der Waals surface area contributed by atoms with E-state index in [1.807, 2.05) is 0 Å². The number of β-amino-alcohol motifs (C(OH)–C–C–N with tert-alkyl or cyclic N) is 1. The number of hydrogen-bond donors (Lipinski definition) is 2. The standard InChI is InChI=1S/C16H23Cl2NO3/c17-14-5-3-6-15(18)16(14)22-11-13(21)10-19-8-2-1-4-12(19)7-9-20/h3,5-6,12-13,20-21H,1-2,4,7-11H2. The summed E-state index contributed by atoms with van der Waals surface area (Å²) in [6.45, 7) is 1.82. The molecular weight excluding hydrogens is 325 g/mol. The van der Waals surface area contributed by atoms with E-state index in [-0.39, 0.29) is 13.2 Å². The summed E-state index contributed by atoms with van der Waals surface area (Å²) >= 11 is 12.1. The summed E-state index contributed by atoms with van der Waals surface area (Å²) in [5, 5.41) is 20.2. The van der Waals surface area contributed by atoms with Crippen LogP contribution in [0.25, 0.3) is 0 Å². The molecule has 0 saturated carbocycles. The molecule has 1 aliphatic heterocycles. The van der Waals surface area contributed by atoms with Crippen molar-refractivity contribution in [2.75, 3.05) is 26.3 Å². The lowest BCUT2D eigenvalue weighted by molar-refractivity contribution is 0.0332. The number of ether oxygens (including phenoxy) is 1. The highest BCUT2D eigenvalue weighted by Crippen LogP contribution is 2.32. The third kappa shape index (κ3) is 5.00. The number of aliphatic hydroxyl groups is 2. The number of halogens is 2. The summed E-state index contributed by atoms with van der Waals surface area (Å²) in [6.07, 6.45) is 3.52. The van der Waals surface area contributed by atoms with E-state index in [0.717, 1.165) is 25.8 Å². The number of piperidine rings is 1. The van der Waals surface area contributed by atoms with Crippen molar-refractivity contribution in [1.29, 1.82) is 0 Å². The fraction of sp³-hybridized carbons (Fsp3) is 0.625. The number of benzene rings is 1. The molecule has 2 N–H and O–H groups in total. The number of nitrogens with zero attached hydrogens (tertiary/aromatic N) is 1. The molecule has 22 heavy (non-hydrogen) atoms. The molecule has 4 nitrogen and oxygen atoms in total. The van der Waals surface area contributed by atoms with Gasteiger partial charge in [0.15, 0.2) is 5.75 Å². The van der Waals surface area contributed by atoms with Crippen LogP contribution in [0.4, 0.5) is 0 Å². The Morgan fingerprint density at radius 3 is 2.68 bits per heavy atom. The Labute approximate surface area is 141 Å². The fourth-order valence-corrected chi connectivity index (χ4v) is 3.41. The third-order valence-corrected chi connectivity index (χ3v) is 4.59. The van der Waals surface area contributed by atoms with Gasteiger partial charge in [-0.1, -0.05) is 35.7 Å². The second kappa shape index (κ2) is 8.94. The first-order chi connectivity index (χ1) is 10.6. The van der Waals surface area contributed by atoms with Gasteiger partial charge in [-0.25, -0.2) is 0 Å². The predicted octanol–water partition coefficient (Wildman–Crippen LogP) is 2.97. The summed E-state index contributed by atoms with van der Waals surface area (Å²) in [6, 6.07) is 5.51. The van der Waals surface area contributed by atoms with E-state index in [0.29, 0.717) is 28.4 Å². The van der Waals surface area contributed by atoms with Crippen molar-refractivity contribution in [2.24, 2.45) is 0 Å². The molecule has 2 unspecified atom stereocenters. The van der Waals surface area contributed by atoms with E-state index in [1.54, 1.807) is 18.2 Å². The number of para-hydroxylation sites is 1. The Balaban J connectivity index is 1.85. The average Bonchev–Trinajstić information content (AvgIpc) is 2.49. The Hall–Kier alpha value is -0.520. The van der Waals surface area contributed by atoms with Gasteiger partial charge in [-0.15, -0.1) is 0 Å². The van der Waals surface area contributed by atoms with Gasteiger partial charge in [0.25, 0.3) is 0 Å². The summed E-state index contributed by atoms with van der Waals surface area (Å²) in [4.78, 5) is 2.24. The maximum absolute atomic E-state index is 10.2. The predicted molar refractivity (Wildman–Crippen MR) is 88.9 cm³/mol. The minimum absolute atomic E-state index is 0.145. The maximum atomic E-state index is 10.2. The molecule has 1 heterocycles. The first-order valence-corrected chi connectivity index (χ1v) is 8.47. The Kier molecular flexibility index (Phi) is 7.25. The maximum Gasteiger partial charge on any atom is 0.156 e. The minimum Gasteiger partial charge on any atom is -0.488 e. The number of likely N-dealkylation sites (tertiary alicyclic amines) is 1. The summed E-state index contributed by atoms with van der Waals surface area (Å²) in [5.41, 5.74) is 0. The van der Waals surface area contributed by atoms with Crippen LogP contribution >= 0.6 is 23.2 Å². The average molecular weight is 348 g/mol. The first kappa shape index (κ1) is 17.8. The van der Waals surface area contributed by atoms with Gasteiger partial charge in [-0.05, 0) is 37.9 Å². The van der Waals surface area contributed by atoms with Crippen LogP contribution in [0, 0.1) is 0 Å². The van der Waals surface area contributed by atoms with Gasteiger partial charge in [-0.2, -0.15) is 0 Å². The SMILES string of the molecule is OCCC1CCCCN1CC(O)COc1c(Cl)cccc1Cl. The van der Waals surface area contributed by atoms with Gasteiger partial charge >= 0.3 is 0 Å². The molecule has 124 valence electrons. The molecule has 2 rings (SSSR count). The Morgan fingerprint density at radius 1 is 1.27 bits per heavy atom. The molecule has 1 aromatic carbocycles. The summed E-state index contributed by atoms with van der Waals surface area (Å²) in [5.74, 6) is 0.412. The van der Waals surface area contributed by atoms with Crippen molar-refractivity contribution in [3.8, 4) is 5.75 Å². The molecule has 0 aromatic heterocycles. The van der Waals surface area contributed by atoms with Crippen LogP contribution in [-0.4, -0.2) is 53.6 Å². The molecule has 0 spiro atoms. The molecule has 0 bridgehead atoms. The van der Waals surface area contributed by atoms with Crippen LogP contribution in [0.2, 0.25) is 10.0 Å². The zero-order valence-corrected chi connectivity index (χ0v) is 14.1. The normalized spacial score (nSPS) is 20.8. The first-order valence-electron chi connectivity index (χ1n) is 7.71. The lowest BCUT2D eigenvalue weighted by Gasteiger charge is -2.36. The highest BCUT2D eigenvalue weighted by Gasteiger charge is 2.24. The van der Waals surface area contributed by atoms with E-state index in [1.165, 1.54) is 6.42 Å². The van der Waals surface area contributed by atoms with E-state index in [9.17, 15) is 5.11 Å². The van der Waals surface area contributed by atoms with Gasteiger partial charge in [0.2, 0.25) is 0 Å². The summed E-state index contributed by atoms with van der Waals surface area (Å²) < 4.78 is 5.58. The second-order valence-electron chi connectivity index (χ2n) is 5.67. The van der Waals surface area contributed by atoms with Crippen molar-refractivity contribution >= 4 is 23.2 Å². The van der Waals surface area contributed by atoms with Crippen molar-refractivity contribution in [3.63, 3.8) is 0 Å². The largest absolute Gasteiger partial charge is 0.488 e. The monoisotopic (exact) mass is 347 g/mol. The van der Waals surface area contributed by atoms with Crippen LogP contribution in [0.1, 0.15) is 25.7 Å². The van der Waals surface area contributed by atoms with Crippen molar-refractivity contribution in [3.05, 3.63) is 28.2 Å². The van der Waals surface area contributed by atoms with Crippen LogP contribution in [0.3, 0.4) is 0 Å². The molecule has 2 atom stereocenters. The highest BCUT2D eigenvalue weighted by atomic mass is 35.5. The van der Waals surface area contributed by atoms with Crippen molar-refractivity contribution < 1.29 is 14.9 Å². The number of hydrogen-bond acceptors (Lipinski definition) is 4. The Bertz CT molecular complexity index is 450. The highest BCUT2D eigenvalue weighted by molar-refractivity contribution is 6.37. The fourth-order valence-electron chi connectivity index (χ4n) is 2.90. The lowest BCUT2D eigenvalue weighted by Crippen LogP contribution is -2.45. The van der Waals surface area contributed by atoms with Crippen LogP contribution in [-0.2, 0) is 0 Å². The molecule has 0 radical (unpaired) electrons. The third-order valence-electron chi connectivity index (χ3n) is 4.00. The van der Waals surface area contributed by atoms with Gasteiger partial charge in [0, 0.05) is 19.2 Å². The van der Waals surface area contributed by atoms with E-state index in [2.05, 4.69) is 4.90 Å². The van der Waals surface area contributed by atoms with E-state index >= 15 is 0 Å². The zero-order chi connectivity index (χ0) is 15.9. The van der Waals surface area contributed by atoms with Gasteiger partial charge in [0.05, 0.1) is 10.0 Å². The second-order valence-corrected chi connectivity index (χ2v) is 6.49. The van der Waals surface area contributed by atoms with Gasteiger partial charge < -0.3 is 14.9 Å². The molecule has 0 aliphatic carbocycles. The molecule has 6 heteroatoms. The smallest absolute Gasteiger partial charge is 0.156 e. The van der Waals surface area contributed by atoms with Crippen LogP contribution in [0.5, 0.6) is 5.75 Å². The van der Waals surface area contributed by atoms with Crippen molar-refractivity contribution in [1.82, 2.24) is 4.90 Å². The quantitative estimate of drug-likeness (QED) is 0.796. The molecule has 1 aliphatic rings. The van der Waals surface area contributed by atoms with Gasteiger partial charge in [0.1, 0.15) is 12.7 Å². The van der Waals surface area contributed by atoms with Crippen LogP contribution in [0.15, 0.2) is 18.2 Å². The van der Waals surface area contributed by atoms with Crippen molar-refractivity contribution in [2.45, 2.75) is 37.8 Å². The topological polar surface area (TPSA) is 52.9 Å². The lowest BCUT2D eigenvalue weighted by atomic mass is 9.99. The Morgan fingerprint density at radius 2 is 2.00 bits per heavy atom. The van der Waals surface area contributed by atoms with Crippen LogP contribution < -0.4 is 4.74 Å². The molecule has 1 fully saturated rings. The molecular formula is C16H23Cl2NO3. The van der Waals surface area contributed by atoms with Gasteiger partial charge in [-0.3, -0.25) is 4.90 Å². The van der Waals surface area contributed by atoms with E-state index < -0.39 is 6.10 Å². The number of aliphatic hydroxyl groups excluding tert-OH is 2. The zero-order valence-electron chi connectivity index (χ0n) is 12.5. The minimum atomic E-state index is -0.619. The number of rotatable bonds is 7. The molecule has 0 amide bonds. The molecule has 1 saturated heterocycles. The molecule has 1 aromatic rings. The summed E-state index contributed by atoms with van der Waals surface area (Å²) in [7, 11) is 0. The van der Waals surface area contributed by atoms with E-state index in [4.69, 9.17) is 33.0 Å².